The van der Waals surface area contributed by atoms with Crippen LogP contribution in [0.15, 0.2) is 24.3 Å². The van der Waals surface area contributed by atoms with E-state index < -0.39 is 0 Å². The van der Waals surface area contributed by atoms with Gasteiger partial charge in [-0.05, 0) is 30.9 Å². The molecule has 2 saturated heterocycles. The molecule has 0 radical (unpaired) electrons. The van der Waals surface area contributed by atoms with Crippen LogP contribution in [-0.2, 0) is 25.5 Å². The molecule has 2 heterocycles. The van der Waals surface area contributed by atoms with E-state index in [0.29, 0.717) is 31.7 Å². The molecule has 1 N–H and O–H groups in total. The average Bonchev–Trinajstić information content (AvgIpc) is 2.67. The van der Waals surface area contributed by atoms with E-state index in [1.54, 1.807) is 23.1 Å². The lowest BCUT2D eigenvalue weighted by atomic mass is 9.85. The van der Waals surface area contributed by atoms with E-state index in [1.807, 2.05) is 0 Å². The number of carbonyl (C=O) groups excluding carboxylic acids is 2. The highest BCUT2D eigenvalue weighted by Crippen LogP contribution is 2.29. The quantitative estimate of drug-likeness (QED) is 0.815. The molecule has 0 spiro atoms. The molecular weight excluding hydrogens is 351 g/mol. The first-order valence-corrected chi connectivity index (χ1v) is 9.49. The summed E-state index contributed by atoms with van der Waals surface area (Å²) < 4.78 is 24.6. The zero-order valence-corrected chi connectivity index (χ0v) is 15.7. The lowest BCUT2D eigenvalue weighted by Gasteiger charge is -2.46. The maximum atomic E-state index is 13.8. The van der Waals surface area contributed by atoms with Gasteiger partial charge < -0.3 is 19.7 Å². The number of halogens is 1. The molecule has 6 nitrogen and oxygen atoms in total. The van der Waals surface area contributed by atoms with Crippen molar-refractivity contribution in [1.82, 2.24) is 10.2 Å². The summed E-state index contributed by atoms with van der Waals surface area (Å²) in [6, 6.07) is 6.28. The first-order valence-electron chi connectivity index (χ1n) is 9.49. The van der Waals surface area contributed by atoms with Crippen molar-refractivity contribution in [1.29, 1.82) is 0 Å². The predicted octanol–water partition coefficient (Wildman–Crippen LogP) is 1.53. The van der Waals surface area contributed by atoms with Crippen molar-refractivity contribution in [3.05, 3.63) is 35.6 Å². The van der Waals surface area contributed by atoms with Crippen molar-refractivity contribution in [2.24, 2.45) is 5.92 Å². The third-order valence-corrected chi connectivity index (χ3v) is 5.30. The Hall–Kier alpha value is -1.99. The SMILES string of the molecule is COCC(=O)N[C@@H]1CN(C(=O)CCc2ccccc2F)C[C@@H]2CCCO[C@@H]21. The van der Waals surface area contributed by atoms with Gasteiger partial charge in [-0.3, -0.25) is 9.59 Å². The number of aryl methyl sites for hydroxylation is 1. The minimum Gasteiger partial charge on any atom is -0.376 e. The summed E-state index contributed by atoms with van der Waals surface area (Å²) in [5, 5.41) is 2.94. The van der Waals surface area contributed by atoms with Gasteiger partial charge in [-0.2, -0.15) is 0 Å². The Balaban J connectivity index is 1.63. The second kappa shape index (κ2) is 9.28. The minimum absolute atomic E-state index is 0.0187. The summed E-state index contributed by atoms with van der Waals surface area (Å²) in [4.78, 5) is 26.5. The molecule has 1 aromatic rings. The predicted molar refractivity (Wildman–Crippen MR) is 97.6 cm³/mol. The highest BCUT2D eigenvalue weighted by Gasteiger charge is 2.41. The van der Waals surface area contributed by atoms with Crippen molar-refractivity contribution in [2.45, 2.75) is 37.8 Å². The van der Waals surface area contributed by atoms with Crippen LogP contribution in [0, 0.1) is 11.7 Å². The Morgan fingerprint density at radius 3 is 2.93 bits per heavy atom. The summed E-state index contributed by atoms with van der Waals surface area (Å²) in [7, 11) is 1.47. The van der Waals surface area contributed by atoms with Gasteiger partial charge in [0.15, 0.2) is 0 Å². The largest absolute Gasteiger partial charge is 0.376 e. The molecule has 3 rings (SSSR count). The normalized spacial score (nSPS) is 25.0. The molecule has 0 saturated carbocycles. The van der Waals surface area contributed by atoms with Gasteiger partial charge in [0, 0.05) is 39.1 Å². The van der Waals surface area contributed by atoms with Gasteiger partial charge in [0.2, 0.25) is 11.8 Å². The van der Waals surface area contributed by atoms with Crippen molar-refractivity contribution in [3.63, 3.8) is 0 Å². The summed E-state index contributed by atoms with van der Waals surface area (Å²) in [6.45, 7) is 1.69. The maximum Gasteiger partial charge on any atom is 0.246 e. The van der Waals surface area contributed by atoms with E-state index >= 15 is 0 Å². The fourth-order valence-corrected chi connectivity index (χ4v) is 4.02. The topological polar surface area (TPSA) is 67.9 Å². The molecule has 27 heavy (non-hydrogen) atoms. The number of amides is 2. The average molecular weight is 378 g/mol. The Labute approximate surface area is 159 Å². The van der Waals surface area contributed by atoms with Crippen molar-refractivity contribution in [2.75, 3.05) is 33.4 Å². The molecule has 0 unspecified atom stereocenters. The van der Waals surface area contributed by atoms with Crippen molar-refractivity contribution >= 4 is 11.8 Å². The summed E-state index contributed by atoms with van der Waals surface area (Å²) >= 11 is 0. The number of ether oxygens (including phenoxy) is 2. The van der Waals surface area contributed by atoms with Crippen LogP contribution in [0.3, 0.4) is 0 Å². The van der Waals surface area contributed by atoms with E-state index in [0.717, 1.165) is 12.8 Å². The van der Waals surface area contributed by atoms with Crippen LogP contribution in [0.1, 0.15) is 24.8 Å². The molecule has 148 valence electrons. The van der Waals surface area contributed by atoms with Crippen LogP contribution in [0.2, 0.25) is 0 Å². The Morgan fingerprint density at radius 1 is 1.33 bits per heavy atom. The second-order valence-corrected chi connectivity index (χ2v) is 7.23. The van der Waals surface area contributed by atoms with Crippen LogP contribution in [0.4, 0.5) is 4.39 Å². The summed E-state index contributed by atoms with van der Waals surface area (Å²) in [5.41, 5.74) is 0.548. The number of hydrogen-bond donors (Lipinski definition) is 1. The number of methoxy groups -OCH3 is 1. The Morgan fingerprint density at radius 2 is 2.15 bits per heavy atom. The number of nitrogens with zero attached hydrogens (tertiary/aromatic N) is 1. The third-order valence-electron chi connectivity index (χ3n) is 5.30. The fraction of sp³-hybridized carbons (Fsp3) is 0.600. The van der Waals surface area contributed by atoms with Crippen LogP contribution in [0.25, 0.3) is 0 Å². The maximum absolute atomic E-state index is 13.8. The van der Waals surface area contributed by atoms with Crippen LogP contribution in [0.5, 0.6) is 0 Å². The van der Waals surface area contributed by atoms with Gasteiger partial charge >= 0.3 is 0 Å². The molecule has 0 bridgehead atoms. The molecule has 2 fully saturated rings. The molecule has 3 atom stereocenters. The van der Waals surface area contributed by atoms with Gasteiger partial charge in [-0.15, -0.1) is 0 Å². The van der Waals surface area contributed by atoms with Gasteiger partial charge in [0.1, 0.15) is 12.4 Å². The zero-order chi connectivity index (χ0) is 19.2. The van der Waals surface area contributed by atoms with Gasteiger partial charge in [0.05, 0.1) is 12.1 Å². The Bertz CT molecular complexity index is 669. The van der Waals surface area contributed by atoms with E-state index in [1.165, 1.54) is 13.2 Å². The van der Waals surface area contributed by atoms with E-state index in [2.05, 4.69) is 5.32 Å². The number of carbonyl (C=O) groups is 2. The third kappa shape index (κ3) is 5.05. The lowest BCUT2D eigenvalue weighted by Crippen LogP contribution is -2.62. The fourth-order valence-electron chi connectivity index (χ4n) is 4.02. The number of likely N-dealkylation sites (tertiary alicyclic amines) is 1. The van der Waals surface area contributed by atoms with E-state index in [4.69, 9.17) is 9.47 Å². The molecule has 2 amide bonds. The lowest BCUT2D eigenvalue weighted by molar-refractivity contribution is -0.144. The molecule has 2 aliphatic rings. The zero-order valence-electron chi connectivity index (χ0n) is 15.7. The van der Waals surface area contributed by atoms with E-state index in [-0.39, 0.29) is 48.7 Å². The molecule has 7 heteroatoms. The van der Waals surface area contributed by atoms with Crippen LogP contribution >= 0.6 is 0 Å². The Kier molecular flexibility index (Phi) is 6.79. The van der Waals surface area contributed by atoms with Gasteiger partial charge in [-0.25, -0.2) is 4.39 Å². The smallest absolute Gasteiger partial charge is 0.246 e. The molecular formula is C20H27FN2O4. The number of fused-ring (bicyclic) bond motifs is 1. The highest BCUT2D eigenvalue weighted by molar-refractivity contribution is 5.78. The van der Waals surface area contributed by atoms with Crippen molar-refractivity contribution in [3.8, 4) is 0 Å². The van der Waals surface area contributed by atoms with Crippen LogP contribution in [-0.4, -0.2) is 62.3 Å². The number of rotatable bonds is 6. The molecule has 1 aromatic carbocycles. The summed E-state index contributed by atoms with van der Waals surface area (Å²) in [5.74, 6) is -0.309. The minimum atomic E-state index is -0.283. The van der Waals surface area contributed by atoms with Gasteiger partial charge in [-0.1, -0.05) is 18.2 Å². The highest BCUT2D eigenvalue weighted by atomic mass is 19.1. The first-order chi connectivity index (χ1) is 13.1. The molecule has 0 aliphatic carbocycles. The van der Waals surface area contributed by atoms with E-state index in [9.17, 15) is 14.0 Å². The molecule has 2 aliphatic heterocycles. The monoisotopic (exact) mass is 378 g/mol. The molecule has 0 aromatic heterocycles. The first kappa shape index (κ1) is 19.8. The standard InChI is InChI=1S/C20H27FN2O4/c1-26-13-18(24)22-17-12-23(11-15-6-4-10-27-20(15)17)19(25)9-8-14-5-2-3-7-16(14)21/h2-3,5,7,15,17,20H,4,6,8-13H2,1H3,(H,22,24)/t15-,17+,20-/m0/s1. The second-order valence-electron chi connectivity index (χ2n) is 7.23. The number of piperidine rings is 1. The number of hydrogen-bond acceptors (Lipinski definition) is 4. The summed E-state index contributed by atoms with van der Waals surface area (Å²) in [6.07, 6.45) is 2.47. The van der Waals surface area contributed by atoms with Crippen molar-refractivity contribution < 1.29 is 23.5 Å². The van der Waals surface area contributed by atoms with Gasteiger partial charge in [0.25, 0.3) is 0 Å². The number of benzene rings is 1. The van der Waals surface area contributed by atoms with Crippen LogP contribution < -0.4 is 5.32 Å². The number of nitrogens with one attached hydrogen (secondary N) is 1.